The van der Waals surface area contributed by atoms with Gasteiger partial charge in [-0.1, -0.05) is 0 Å². The van der Waals surface area contributed by atoms with Crippen molar-refractivity contribution < 1.29 is 19.4 Å². The fourth-order valence-electron chi connectivity index (χ4n) is 5.61. The molecular weight excluding hydrogens is 458 g/mol. The lowest BCUT2D eigenvalue weighted by Gasteiger charge is -2.71. The van der Waals surface area contributed by atoms with Crippen molar-refractivity contribution in [2.75, 3.05) is 21.3 Å². The normalized spacial score (nSPS) is 22.5. The molecule has 2 bridgehead atoms. The van der Waals surface area contributed by atoms with E-state index < -0.39 is 11.4 Å². The molecule has 0 amide bonds. The summed E-state index contributed by atoms with van der Waals surface area (Å²) in [7, 11) is 7.02. The Bertz CT molecular complexity index is 1310. The van der Waals surface area contributed by atoms with Crippen LogP contribution in [0.1, 0.15) is 24.8 Å². The fourth-order valence-corrected chi connectivity index (χ4v) is 5.61. The minimum atomic E-state index is -0.683. The molecule has 0 saturated heterocycles. The third-order valence-electron chi connectivity index (χ3n) is 7.56. The number of methoxy groups -OCH3 is 2. The first-order valence-electron chi connectivity index (χ1n) is 10.9. The van der Waals surface area contributed by atoms with E-state index in [2.05, 4.69) is 9.88 Å². The molecule has 8 nitrogen and oxygen atoms in total. The molecule has 2 heterocycles. The number of carboxylic acids is 1. The molecule has 1 aromatic carbocycles. The second kappa shape index (κ2) is 8.29. The van der Waals surface area contributed by atoms with E-state index in [-0.39, 0.29) is 23.5 Å². The molecule has 0 aliphatic heterocycles. The van der Waals surface area contributed by atoms with Gasteiger partial charge in [-0.2, -0.15) is 0 Å². The number of aliphatic carboxylic acids is 1. The number of aromatic nitrogens is 2. The summed E-state index contributed by atoms with van der Waals surface area (Å²) in [5.41, 5.74) is 1.98. The summed E-state index contributed by atoms with van der Waals surface area (Å²) in [5.74, 6) is 0.690. The van der Waals surface area contributed by atoms with Gasteiger partial charge in [-0.05, 0) is 55.5 Å². The highest BCUT2D eigenvalue weighted by atomic mass is 35.5. The van der Waals surface area contributed by atoms with E-state index in [1.807, 2.05) is 31.4 Å². The highest BCUT2D eigenvalue weighted by molar-refractivity contribution is 5.95. The van der Waals surface area contributed by atoms with E-state index in [1.54, 1.807) is 38.2 Å². The van der Waals surface area contributed by atoms with Crippen molar-refractivity contribution in [3.8, 4) is 22.6 Å². The fraction of sp³-hybridized carbons (Fsp3) is 0.400. The molecule has 34 heavy (non-hydrogen) atoms. The molecule has 180 valence electrons. The zero-order chi connectivity index (χ0) is 23.5. The third-order valence-corrected chi connectivity index (χ3v) is 7.56. The molecule has 3 fully saturated rings. The van der Waals surface area contributed by atoms with Gasteiger partial charge < -0.3 is 19.1 Å². The number of rotatable bonds is 7. The van der Waals surface area contributed by atoms with E-state index in [9.17, 15) is 14.7 Å². The van der Waals surface area contributed by atoms with Crippen LogP contribution in [0, 0.1) is 5.41 Å². The largest absolute Gasteiger partial charge is 0.496 e. The summed E-state index contributed by atoms with van der Waals surface area (Å²) in [6.07, 6.45) is 7.15. The Kier molecular flexibility index (Phi) is 5.86. The second-order valence-corrected chi connectivity index (χ2v) is 9.44. The van der Waals surface area contributed by atoms with Crippen LogP contribution in [0.3, 0.4) is 0 Å². The number of benzene rings is 1. The van der Waals surface area contributed by atoms with Crippen LogP contribution in [0.4, 0.5) is 0 Å². The van der Waals surface area contributed by atoms with E-state index in [0.717, 1.165) is 22.1 Å². The van der Waals surface area contributed by atoms with Crippen molar-refractivity contribution in [2.45, 2.75) is 31.3 Å². The predicted molar refractivity (Wildman–Crippen MR) is 131 cm³/mol. The molecule has 9 heteroatoms. The van der Waals surface area contributed by atoms with Crippen LogP contribution in [0.25, 0.3) is 21.9 Å². The first-order valence-corrected chi connectivity index (χ1v) is 10.9. The molecular formula is C25H28ClN3O5. The van der Waals surface area contributed by atoms with Crippen LogP contribution < -0.4 is 15.0 Å². The Balaban J connectivity index is 0.00000274. The Hall–Kier alpha value is -3.10. The van der Waals surface area contributed by atoms with Gasteiger partial charge in [-0.25, -0.2) is 0 Å². The van der Waals surface area contributed by atoms with Crippen LogP contribution in [-0.2, 0) is 18.4 Å². The summed E-state index contributed by atoms with van der Waals surface area (Å²) in [6.45, 7) is 0.584. The standard InChI is InChI=1S/C25H27N3O5.ClH/c1-27-10-18(16-5-6-26-9-17(16)22(27)29)15-7-20(32-3)19(21(8-15)33-4)11-28(2)25-12-24(13-25,14-25)23(30)31;/h5-10H,11-14H2,1-4H3,(H,30,31);1H. The average molecular weight is 486 g/mol. The quantitative estimate of drug-likeness (QED) is 0.547. The van der Waals surface area contributed by atoms with Gasteiger partial charge in [0.05, 0.1) is 30.6 Å². The van der Waals surface area contributed by atoms with Crippen molar-refractivity contribution in [1.29, 1.82) is 0 Å². The number of carbonyl (C=O) groups is 1. The van der Waals surface area contributed by atoms with Gasteiger partial charge >= 0.3 is 5.97 Å². The van der Waals surface area contributed by atoms with Crippen molar-refractivity contribution in [3.05, 3.63) is 52.7 Å². The average Bonchev–Trinajstić information content (AvgIpc) is 2.74. The van der Waals surface area contributed by atoms with Crippen molar-refractivity contribution >= 4 is 29.1 Å². The number of nitrogens with zero attached hydrogens (tertiary/aromatic N) is 3. The number of halogens is 1. The van der Waals surface area contributed by atoms with E-state index in [0.29, 0.717) is 42.7 Å². The van der Waals surface area contributed by atoms with Gasteiger partial charge in [0, 0.05) is 43.3 Å². The van der Waals surface area contributed by atoms with Crippen molar-refractivity contribution in [2.24, 2.45) is 12.5 Å². The molecule has 3 saturated carbocycles. The Labute approximate surface area is 203 Å². The lowest BCUT2D eigenvalue weighted by Crippen LogP contribution is -2.76. The van der Waals surface area contributed by atoms with Gasteiger partial charge in [0.1, 0.15) is 11.5 Å². The number of pyridine rings is 2. The smallest absolute Gasteiger partial charge is 0.309 e. The van der Waals surface area contributed by atoms with Crippen molar-refractivity contribution in [3.63, 3.8) is 0 Å². The van der Waals surface area contributed by atoms with E-state index in [1.165, 1.54) is 0 Å². The monoisotopic (exact) mass is 485 g/mol. The zero-order valence-electron chi connectivity index (χ0n) is 19.6. The SMILES string of the molecule is COc1cc(-c2cn(C)c(=O)c3cnccc23)cc(OC)c1CN(C)C12CC(C(=O)O)(C1)C2.Cl. The lowest BCUT2D eigenvalue weighted by atomic mass is 9.39. The number of ether oxygens (including phenoxy) is 2. The molecule has 3 aromatic rings. The van der Waals surface area contributed by atoms with Gasteiger partial charge in [0.2, 0.25) is 0 Å². The Morgan fingerprint density at radius 1 is 1.18 bits per heavy atom. The molecule has 1 N–H and O–H groups in total. The minimum Gasteiger partial charge on any atom is -0.496 e. The van der Waals surface area contributed by atoms with Gasteiger partial charge in [-0.3, -0.25) is 19.5 Å². The third kappa shape index (κ3) is 3.35. The molecule has 0 atom stereocenters. The van der Waals surface area contributed by atoms with Crippen LogP contribution in [0.15, 0.2) is 41.6 Å². The molecule has 3 aliphatic carbocycles. The van der Waals surface area contributed by atoms with Crippen LogP contribution in [0.2, 0.25) is 0 Å². The predicted octanol–water partition coefficient (Wildman–Crippen LogP) is 3.48. The molecule has 0 radical (unpaired) electrons. The Morgan fingerprint density at radius 2 is 1.79 bits per heavy atom. The summed E-state index contributed by atoms with van der Waals surface area (Å²) in [6, 6.07) is 5.77. The topological polar surface area (TPSA) is 93.9 Å². The van der Waals surface area contributed by atoms with Crippen LogP contribution in [-0.4, -0.2) is 52.3 Å². The molecule has 0 unspecified atom stereocenters. The molecule has 3 aliphatic rings. The zero-order valence-corrected chi connectivity index (χ0v) is 20.4. The van der Waals surface area contributed by atoms with E-state index >= 15 is 0 Å². The van der Waals surface area contributed by atoms with Crippen LogP contribution in [0.5, 0.6) is 11.5 Å². The first-order chi connectivity index (χ1) is 15.7. The van der Waals surface area contributed by atoms with Crippen molar-refractivity contribution in [1.82, 2.24) is 14.5 Å². The lowest BCUT2D eigenvalue weighted by molar-refractivity contribution is -0.229. The summed E-state index contributed by atoms with van der Waals surface area (Å²) >= 11 is 0. The summed E-state index contributed by atoms with van der Waals surface area (Å²) in [4.78, 5) is 30.4. The van der Waals surface area contributed by atoms with Gasteiger partial charge in [0.25, 0.3) is 5.56 Å². The number of hydrogen-bond acceptors (Lipinski definition) is 6. The second-order valence-electron chi connectivity index (χ2n) is 9.44. The summed E-state index contributed by atoms with van der Waals surface area (Å²) < 4.78 is 13.1. The van der Waals surface area contributed by atoms with Gasteiger partial charge in [0.15, 0.2) is 0 Å². The first kappa shape index (κ1) is 24.0. The maximum absolute atomic E-state index is 12.6. The maximum Gasteiger partial charge on any atom is 0.309 e. The molecule has 0 spiro atoms. The summed E-state index contributed by atoms with van der Waals surface area (Å²) in [5, 5.41) is 10.8. The number of carboxylic acid groups (broad SMARTS) is 1. The number of aryl methyl sites for hydroxylation is 1. The Morgan fingerprint density at radius 3 is 2.35 bits per heavy atom. The minimum absolute atomic E-state index is 0. The van der Waals surface area contributed by atoms with Crippen LogP contribution >= 0.6 is 12.4 Å². The van der Waals surface area contributed by atoms with Gasteiger partial charge in [-0.15, -0.1) is 12.4 Å². The molecule has 2 aromatic heterocycles. The number of hydrogen-bond donors (Lipinski definition) is 1. The number of fused-ring (bicyclic) bond motifs is 1. The highest BCUT2D eigenvalue weighted by Crippen LogP contribution is 2.70. The molecule has 6 rings (SSSR count). The maximum atomic E-state index is 12.6. The van der Waals surface area contributed by atoms with E-state index in [4.69, 9.17) is 9.47 Å². The highest BCUT2D eigenvalue weighted by Gasteiger charge is 2.73.